The molecule has 0 saturated carbocycles. The Morgan fingerprint density at radius 1 is 0.759 bits per heavy atom. The number of carbonyl (C=O) groups is 1. The molecule has 1 aromatic heterocycles. The van der Waals surface area contributed by atoms with E-state index in [0.717, 1.165) is 31.9 Å². The minimum absolute atomic E-state index is 0.183. The lowest BCUT2D eigenvalue weighted by molar-refractivity contribution is 0.102. The number of hydrogen-bond acceptors (Lipinski definition) is 5. The third-order valence-corrected chi connectivity index (χ3v) is 4.78. The molecule has 2 heterocycles. The molecule has 6 nitrogen and oxygen atoms in total. The number of rotatable bonds is 4. The van der Waals surface area contributed by atoms with Gasteiger partial charge >= 0.3 is 0 Å². The minimum Gasteiger partial charge on any atom is -0.368 e. The summed E-state index contributed by atoms with van der Waals surface area (Å²) < 4.78 is 26.0. The molecule has 0 atom stereocenters. The molecule has 8 heteroatoms. The Morgan fingerprint density at radius 3 is 1.93 bits per heavy atom. The smallest absolute Gasteiger partial charge is 0.276 e. The fourth-order valence-corrected chi connectivity index (χ4v) is 3.19. The topological polar surface area (TPSA) is 61.4 Å². The molecule has 1 aliphatic heterocycles. The standard InChI is InChI=1S/C21H19F2N5O/c22-15-1-5-17(6-2-15)24-21(29)19-9-10-20(26-25-19)28-13-11-27(12-14-28)18-7-3-16(23)4-8-18/h1-10H,11-14H2,(H,24,29). The molecule has 0 bridgehead atoms. The molecule has 1 saturated heterocycles. The van der Waals surface area contributed by atoms with Crippen molar-refractivity contribution in [2.75, 3.05) is 41.3 Å². The second-order valence-electron chi connectivity index (χ2n) is 6.69. The van der Waals surface area contributed by atoms with Crippen molar-refractivity contribution in [1.29, 1.82) is 0 Å². The summed E-state index contributed by atoms with van der Waals surface area (Å²) in [5.74, 6) is -0.322. The zero-order valence-corrected chi connectivity index (χ0v) is 15.6. The predicted molar refractivity (Wildman–Crippen MR) is 107 cm³/mol. The summed E-state index contributed by atoms with van der Waals surface area (Å²) in [5, 5.41) is 10.9. The van der Waals surface area contributed by atoms with Crippen molar-refractivity contribution in [1.82, 2.24) is 10.2 Å². The van der Waals surface area contributed by atoms with E-state index < -0.39 is 5.91 Å². The van der Waals surface area contributed by atoms with Crippen molar-refractivity contribution >= 4 is 23.1 Å². The Morgan fingerprint density at radius 2 is 1.34 bits per heavy atom. The van der Waals surface area contributed by atoms with Gasteiger partial charge in [-0.3, -0.25) is 4.79 Å². The minimum atomic E-state index is -0.406. The van der Waals surface area contributed by atoms with Crippen LogP contribution in [-0.4, -0.2) is 42.3 Å². The Hall–Kier alpha value is -3.55. The molecule has 0 radical (unpaired) electrons. The van der Waals surface area contributed by atoms with E-state index >= 15 is 0 Å². The lowest BCUT2D eigenvalue weighted by Gasteiger charge is -2.36. The van der Waals surface area contributed by atoms with Crippen LogP contribution in [-0.2, 0) is 0 Å². The van der Waals surface area contributed by atoms with Gasteiger partial charge in [-0.05, 0) is 60.7 Å². The van der Waals surface area contributed by atoms with Gasteiger partial charge in [-0.2, -0.15) is 0 Å². The Bertz CT molecular complexity index is 969. The third-order valence-electron chi connectivity index (χ3n) is 4.78. The Kier molecular flexibility index (Phi) is 5.33. The quantitative estimate of drug-likeness (QED) is 0.734. The highest BCUT2D eigenvalue weighted by Crippen LogP contribution is 2.19. The first-order valence-corrected chi connectivity index (χ1v) is 9.24. The van der Waals surface area contributed by atoms with Gasteiger partial charge in [-0.1, -0.05) is 0 Å². The average Bonchev–Trinajstić information content (AvgIpc) is 2.76. The van der Waals surface area contributed by atoms with Crippen LogP contribution in [0, 0.1) is 11.6 Å². The van der Waals surface area contributed by atoms with Crippen LogP contribution in [0.25, 0.3) is 0 Å². The number of piperazine rings is 1. The van der Waals surface area contributed by atoms with Crippen molar-refractivity contribution in [3.05, 3.63) is 78.0 Å². The van der Waals surface area contributed by atoms with Crippen LogP contribution in [0.3, 0.4) is 0 Å². The van der Waals surface area contributed by atoms with E-state index in [1.165, 1.54) is 36.4 Å². The van der Waals surface area contributed by atoms with E-state index in [1.54, 1.807) is 24.3 Å². The second-order valence-corrected chi connectivity index (χ2v) is 6.69. The molecule has 3 aromatic rings. The van der Waals surface area contributed by atoms with Gasteiger partial charge in [0, 0.05) is 37.6 Å². The molecule has 4 rings (SSSR count). The summed E-state index contributed by atoms with van der Waals surface area (Å²) in [4.78, 5) is 16.5. The first-order valence-electron chi connectivity index (χ1n) is 9.24. The normalized spacial score (nSPS) is 14.0. The van der Waals surface area contributed by atoms with Crippen molar-refractivity contribution in [2.24, 2.45) is 0 Å². The number of nitrogens with one attached hydrogen (secondary N) is 1. The Labute approximate surface area is 166 Å². The van der Waals surface area contributed by atoms with Gasteiger partial charge in [-0.15, -0.1) is 10.2 Å². The van der Waals surface area contributed by atoms with Crippen LogP contribution in [0.2, 0.25) is 0 Å². The summed E-state index contributed by atoms with van der Waals surface area (Å²) in [7, 11) is 0. The maximum atomic E-state index is 13.1. The molecule has 0 spiro atoms. The summed E-state index contributed by atoms with van der Waals surface area (Å²) in [6.07, 6.45) is 0. The van der Waals surface area contributed by atoms with Gasteiger partial charge in [0.1, 0.15) is 11.6 Å². The maximum Gasteiger partial charge on any atom is 0.276 e. The molecule has 29 heavy (non-hydrogen) atoms. The van der Waals surface area contributed by atoms with E-state index in [2.05, 4.69) is 25.3 Å². The third kappa shape index (κ3) is 4.48. The Balaban J connectivity index is 1.35. The van der Waals surface area contributed by atoms with Crippen LogP contribution >= 0.6 is 0 Å². The van der Waals surface area contributed by atoms with Crippen molar-refractivity contribution in [3.63, 3.8) is 0 Å². The van der Waals surface area contributed by atoms with Crippen LogP contribution in [0.4, 0.5) is 26.0 Å². The van der Waals surface area contributed by atoms with Gasteiger partial charge in [0.25, 0.3) is 5.91 Å². The van der Waals surface area contributed by atoms with Gasteiger partial charge in [0.05, 0.1) is 0 Å². The number of amides is 1. The first-order chi connectivity index (χ1) is 14.1. The monoisotopic (exact) mass is 395 g/mol. The molecule has 148 valence electrons. The van der Waals surface area contributed by atoms with E-state index in [4.69, 9.17) is 0 Å². The highest BCUT2D eigenvalue weighted by molar-refractivity contribution is 6.02. The van der Waals surface area contributed by atoms with E-state index in [1.807, 2.05) is 0 Å². The first kappa shape index (κ1) is 18.8. The molecule has 1 aliphatic rings. The number of benzene rings is 2. The SMILES string of the molecule is O=C(Nc1ccc(F)cc1)c1ccc(N2CCN(c3ccc(F)cc3)CC2)nn1. The fourth-order valence-electron chi connectivity index (χ4n) is 3.19. The van der Waals surface area contributed by atoms with Crippen LogP contribution < -0.4 is 15.1 Å². The van der Waals surface area contributed by atoms with E-state index in [9.17, 15) is 13.6 Å². The molecule has 0 unspecified atom stereocenters. The van der Waals surface area contributed by atoms with Crippen molar-refractivity contribution in [3.8, 4) is 0 Å². The van der Waals surface area contributed by atoms with Crippen LogP contribution in [0.15, 0.2) is 60.7 Å². The highest BCUT2D eigenvalue weighted by atomic mass is 19.1. The van der Waals surface area contributed by atoms with Crippen molar-refractivity contribution in [2.45, 2.75) is 0 Å². The molecular weight excluding hydrogens is 376 g/mol. The summed E-state index contributed by atoms with van der Waals surface area (Å²) in [6, 6.07) is 15.4. The largest absolute Gasteiger partial charge is 0.368 e. The van der Waals surface area contributed by atoms with Crippen LogP contribution in [0.1, 0.15) is 10.5 Å². The fraction of sp³-hybridized carbons (Fsp3) is 0.190. The lowest BCUT2D eigenvalue weighted by Crippen LogP contribution is -2.46. The number of hydrogen-bond donors (Lipinski definition) is 1. The number of aromatic nitrogens is 2. The number of anilines is 3. The van der Waals surface area contributed by atoms with Gasteiger partial charge in [0.15, 0.2) is 11.5 Å². The van der Waals surface area contributed by atoms with Gasteiger partial charge in [0.2, 0.25) is 0 Å². The van der Waals surface area contributed by atoms with Crippen molar-refractivity contribution < 1.29 is 13.6 Å². The van der Waals surface area contributed by atoms with Gasteiger partial charge < -0.3 is 15.1 Å². The zero-order valence-electron chi connectivity index (χ0n) is 15.6. The van der Waals surface area contributed by atoms with E-state index in [0.29, 0.717) is 11.5 Å². The zero-order chi connectivity index (χ0) is 20.2. The highest BCUT2D eigenvalue weighted by Gasteiger charge is 2.19. The molecular formula is C21H19F2N5O. The number of nitrogens with zero attached hydrogens (tertiary/aromatic N) is 4. The molecule has 1 fully saturated rings. The summed E-state index contributed by atoms with van der Waals surface area (Å²) in [5.41, 5.74) is 1.66. The predicted octanol–water partition coefficient (Wildman–Crippen LogP) is 3.33. The van der Waals surface area contributed by atoms with Crippen LogP contribution in [0.5, 0.6) is 0 Å². The maximum absolute atomic E-state index is 13.1. The van der Waals surface area contributed by atoms with Gasteiger partial charge in [-0.25, -0.2) is 8.78 Å². The second kappa shape index (κ2) is 8.22. The molecule has 2 aromatic carbocycles. The number of halogens is 2. The molecule has 1 N–H and O–H groups in total. The number of carbonyl (C=O) groups excluding carboxylic acids is 1. The average molecular weight is 395 g/mol. The molecule has 0 aliphatic carbocycles. The van der Waals surface area contributed by atoms with E-state index in [-0.39, 0.29) is 17.3 Å². The summed E-state index contributed by atoms with van der Waals surface area (Å²) >= 11 is 0. The molecule has 1 amide bonds. The summed E-state index contributed by atoms with van der Waals surface area (Å²) in [6.45, 7) is 3.04. The lowest BCUT2D eigenvalue weighted by atomic mass is 10.2.